The number of rotatable bonds is 1. The van der Waals surface area contributed by atoms with E-state index in [0.29, 0.717) is 27.2 Å². The van der Waals surface area contributed by atoms with Crippen LogP contribution in [0.15, 0.2) is 18.2 Å². The van der Waals surface area contributed by atoms with Crippen molar-refractivity contribution < 1.29 is 4.74 Å². The van der Waals surface area contributed by atoms with Gasteiger partial charge in [0.15, 0.2) is 0 Å². The highest BCUT2D eigenvalue weighted by atomic mass is 35.5. The molecule has 2 aromatic rings. The van der Waals surface area contributed by atoms with E-state index in [4.69, 9.17) is 27.3 Å². The molecule has 0 aliphatic heterocycles. The van der Waals surface area contributed by atoms with Crippen molar-refractivity contribution in [1.29, 1.82) is 5.26 Å². The molecule has 16 heavy (non-hydrogen) atoms. The highest BCUT2D eigenvalue weighted by Gasteiger charge is 2.12. The second-order valence-corrected chi connectivity index (χ2v) is 3.59. The first-order valence-electron chi connectivity index (χ1n) is 4.50. The summed E-state index contributed by atoms with van der Waals surface area (Å²) in [6.07, 6.45) is 0. The van der Waals surface area contributed by atoms with Crippen LogP contribution in [0.25, 0.3) is 10.9 Å². The van der Waals surface area contributed by atoms with Gasteiger partial charge in [-0.2, -0.15) is 5.26 Å². The Hall–Kier alpha value is -1.99. The minimum absolute atomic E-state index is 0.263. The number of fused-ring (bicyclic) bond motifs is 1. The van der Waals surface area contributed by atoms with Crippen molar-refractivity contribution in [3.8, 4) is 11.8 Å². The van der Waals surface area contributed by atoms with Gasteiger partial charge in [-0.15, -0.1) is 0 Å². The molecule has 1 aromatic carbocycles. The van der Waals surface area contributed by atoms with E-state index < -0.39 is 0 Å². The number of anilines is 1. The van der Waals surface area contributed by atoms with Crippen LogP contribution in [0.3, 0.4) is 0 Å². The predicted molar refractivity (Wildman–Crippen MR) is 62.4 cm³/mol. The van der Waals surface area contributed by atoms with Crippen LogP contribution in [0, 0.1) is 11.3 Å². The fraction of sp³-hybridized carbons (Fsp3) is 0.0909. The minimum atomic E-state index is 0.263. The van der Waals surface area contributed by atoms with Crippen molar-refractivity contribution in [2.24, 2.45) is 0 Å². The van der Waals surface area contributed by atoms with Crippen LogP contribution in [-0.4, -0.2) is 12.1 Å². The number of pyridine rings is 1. The van der Waals surface area contributed by atoms with Crippen LogP contribution < -0.4 is 10.5 Å². The maximum Gasteiger partial charge on any atom is 0.129 e. The number of hydrogen-bond donors (Lipinski definition) is 1. The smallest absolute Gasteiger partial charge is 0.129 e. The monoisotopic (exact) mass is 233 g/mol. The molecule has 0 aliphatic rings. The summed E-state index contributed by atoms with van der Waals surface area (Å²) in [5.41, 5.74) is 6.49. The largest absolute Gasteiger partial charge is 0.496 e. The summed E-state index contributed by atoms with van der Waals surface area (Å²) in [4.78, 5) is 4.11. The molecular weight excluding hydrogens is 226 g/mol. The Labute approximate surface area is 97.2 Å². The fourth-order valence-electron chi connectivity index (χ4n) is 1.56. The Morgan fingerprint density at radius 2 is 2.25 bits per heavy atom. The summed E-state index contributed by atoms with van der Waals surface area (Å²) >= 11 is 6.00. The molecule has 1 heterocycles. The van der Waals surface area contributed by atoms with Gasteiger partial charge in [-0.05, 0) is 18.2 Å². The Morgan fingerprint density at radius 3 is 2.88 bits per heavy atom. The van der Waals surface area contributed by atoms with Gasteiger partial charge in [-0.1, -0.05) is 11.6 Å². The van der Waals surface area contributed by atoms with E-state index in [1.54, 1.807) is 12.1 Å². The zero-order valence-corrected chi connectivity index (χ0v) is 9.25. The Bertz CT molecular complexity index is 604. The first kappa shape index (κ1) is 10.5. The lowest BCUT2D eigenvalue weighted by molar-refractivity contribution is 0.419. The van der Waals surface area contributed by atoms with Crippen molar-refractivity contribution >= 4 is 28.3 Å². The van der Waals surface area contributed by atoms with Gasteiger partial charge in [0.1, 0.15) is 17.6 Å². The molecule has 0 aliphatic carbocycles. The number of benzene rings is 1. The average molecular weight is 234 g/mol. The van der Waals surface area contributed by atoms with E-state index in [-0.39, 0.29) is 5.82 Å². The van der Waals surface area contributed by atoms with Crippen LogP contribution >= 0.6 is 11.6 Å². The molecular formula is C11H8ClN3O. The summed E-state index contributed by atoms with van der Waals surface area (Å²) < 4.78 is 5.17. The molecule has 0 radical (unpaired) electrons. The Balaban J connectivity index is 2.99. The third-order valence-electron chi connectivity index (χ3n) is 2.23. The third-order valence-corrected chi connectivity index (χ3v) is 2.54. The number of halogens is 1. The van der Waals surface area contributed by atoms with E-state index in [1.165, 1.54) is 13.2 Å². The normalized spacial score (nSPS) is 10.1. The van der Waals surface area contributed by atoms with Gasteiger partial charge < -0.3 is 10.5 Å². The molecule has 0 saturated carbocycles. The van der Waals surface area contributed by atoms with E-state index in [1.807, 2.05) is 0 Å². The summed E-state index contributed by atoms with van der Waals surface area (Å²) in [5, 5.41) is 10.1. The molecule has 80 valence electrons. The van der Waals surface area contributed by atoms with Gasteiger partial charge in [0.05, 0.1) is 28.6 Å². The van der Waals surface area contributed by atoms with E-state index in [2.05, 4.69) is 11.1 Å². The fourth-order valence-corrected chi connectivity index (χ4v) is 1.76. The molecule has 2 N–H and O–H groups in total. The van der Waals surface area contributed by atoms with Gasteiger partial charge >= 0.3 is 0 Å². The lowest BCUT2D eigenvalue weighted by Crippen LogP contribution is -1.96. The number of nitriles is 1. The van der Waals surface area contributed by atoms with Crippen molar-refractivity contribution in [2.75, 3.05) is 12.8 Å². The second-order valence-electron chi connectivity index (χ2n) is 3.18. The van der Waals surface area contributed by atoms with Crippen LogP contribution in [0.2, 0.25) is 5.02 Å². The number of nitrogen functional groups attached to an aromatic ring is 1. The first-order valence-corrected chi connectivity index (χ1v) is 4.88. The number of nitrogens with zero attached hydrogens (tertiary/aromatic N) is 2. The molecule has 5 heteroatoms. The SMILES string of the molecule is COc1ccc(Cl)c2nc(N)cc(C#N)c12. The molecule has 0 amide bonds. The molecule has 4 nitrogen and oxygen atoms in total. The van der Waals surface area contributed by atoms with Gasteiger partial charge in [-0.25, -0.2) is 4.98 Å². The van der Waals surface area contributed by atoms with Gasteiger partial charge in [0, 0.05) is 0 Å². The van der Waals surface area contributed by atoms with Crippen LogP contribution in [0.1, 0.15) is 5.56 Å². The van der Waals surface area contributed by atoms with Crippen LogP contribution in [0.5, 0.6) is 5.75 Å². The Kier molecular flexibility index (Phi) is 2.55. The van der Waals surface area contributed by atoms with Gasteiger partial charge in [0.2, 0.25) is 0 Å². The van der Waals surface area contributed by atoms with Crippen molar-refractivity contribution in [3.63, 3.8) is 0 Å². The highest BCUT2D eigenvalue weighted by molar-refractivity contribution is 6.35. The van der Waals surface area contributed by atoms with Gasteiger partial charge in [0.25, 0.3) is 0 Å². The summed E-state index contributed by atoms with van der Waals surface area (Å²) in [6, 6.07) is 6.92. The van der Waals surface area contributed by atoms with Gasteiger partial charge in [-0.3, -0.25) is 0 Å². The molecule has 0 atom stereocenters. The summed E-state index contributed by atoms with van der Waals surface area (Å²) in [7, 11) is 1.53. The van der Waals surface area contributed by atoms with E-state index >= 15 is 0 Å². The molecule has 0 saturated heterocycles. The molecule has 1 aromatic heterocycles. The average Bonchev–Trinajstić information content (AvgIpc) is 2.29. The lowest BCUT2D eigenvalue weighted by Gasteiger charge is -2.08. The number of hydrogen-bond acceptors (Lipinski definition) is 4. The predicted octanol–water partition coefficient (Wildman–Crippen LogP) is 2.35. The number of nitrogens with two attached hydrogens (primary N) is 1. The molecule has 2 rings (SSSR count). The summed E-state index contributed by atoms with van der Waals surface area (Å²) in [6.45, 7) is 0. The van der Waals surface area contributed by atoms with E-state index in [9.17, 15) is 0 Å². The van der Waals surface area contributed by atoms with Crippen LogP contribution in [0.4, 0.5) is 5.82 Å². The Morgan fingerprint density at radius 1 is 1.50 bits per heavy atom. The molecule has 0 bridgehead atoms. The molecule has 0 unspecified atom stereocenters. The first-order chi connectivity index (χ1) is 7.67. The van der Waals surface area contributed by atoms with Crippen molar-refractivity contribution in [1.82, 2.24) is 4.98 Å². The van der Waals surface area contributed by atoms with Crippen LogP contribution in [-0.2, 0) is 0 Å². The number of ether oxygens (including phenoxy) is 1. The van der Waals surface area contributed by atoms with E-state index in [0.717, 1.165) is 0 Å². The minimum Gasteiger partial charge on any atom is -0.496 e. The summed E-state index contributed by atoms with van der Waals surface area (Å²) in [5.74, 6) is 0.822. The number of aromatic nitrogens is 1. The maximum absolute atomic E-state index is 9.04. The standard InChI is InChI=1S/C11H8ClN3O/c1-16-8-3-2-7(12)11-10(8)6(5-13)4-9(14)15-11/h2-4H,1H3,(H2,14,15). The third kappa shape index (κ3) is 1.51. The molecule has 0 fully saturated rings. The zero-order valence-electron chi connectivity index (χ0n) is 8.49. The van der Waals surface area contributed by atoms with Crippen molar-refractivity contribution in [3.05, 3.63) is 28.8 Å². The highest BCUT2D eigenvalue weighted by Crippen LogP contribution is 2.33. The second kappa shape index (κ2) is 3.87. The number of methoxy groups -OCH3 is 1. The van der Waals surface area contributed by atoms with Crippen molar-refractivity contribution in [2.45, 2.75) is 0 Å². The quantitative estimate of drug-likeness (QED) is 0.821. The molecule has 0 spiro atoms. The topological polar surface area (TPSA) is 71.9 Å². The maximum atomic E-state index is 9.04. The lowest BCUT2D eigenvalue weighted by atomic mass is 10.1. The zero-order chi connectivity index (χ0) is 11.7.